The fourth-order valence-corrected chi connectivity index (χ4v) is 12.4. The van der Waals surface area contributed by atoms with Crippen LogP contribution in [0.5, 0.6) is 0 Å². The predicted molar refractivity (Wildman–Crippen MR) is 342 cm³/mol. The summed E-state index contributed by atoms with van der Waals surface area (Å²) in [4.78, 5) is 11.0. The van der Waals surface area contributed by atoms with Crippen molar-refractivity contribution < 1.29 is 4.42 Å². The van der Waals surface area contributed by atoms with Crippen LogP contribution in [-0.4, -0.2) is 16.2 Å². The summed E-state index contributed by atoms with van der Waals surface area (Å²) in [6, 6.07) is 104. The number of hydrogen-bond acceptors (Lipinski definition) is 4. The molecule has 1 N–H and O–H groups in total. The second kappa shape index (κ2) is 19.5. The summed E-state index contributed by atoms with van der Waals surface area (Å²) in [7, 11) is 0. The predicted octanol–water partition coefficient (Wildman–Crippen LogP) is 19.8. The highest BCUT2D eigenvalue weighted by molar-refractivity contribution is 6.24. The van der Waals surface area contributed by atoms with Crippen molar-refractivity contribution in [3.05, 3.63) is 308 Å². The van der Waals surface area contributed by atoms with Crippen LogP contribution < -0.4 is 5.32 Å². The van der Waals surface area contributed by atoms with E-state index >= 15 is 0 Å². The molecule has 3 heterocycles. The number of rotatable bonds is 9. The molecule has 1 atom stereocenters. The van der Waals surface area contributed by atoms with Crippen molar-refractivity contribution in [3.8, 4) is 61.3 Å². The number of hydrogen-bond donors (Lipinski definition) is 1. The quantitative estimate of drug-likeness (QED) is 0.157. The van der Waals surface area contributed by atoms with E-state index in [0.717, 1.165) is 94.6 Å². The van der Waals surface area contributed by atoms with Crippen LogP contribution in [0.3, 0.4) is 0 Å². The van der Waals surface area contributed by atoms with E-state index in [1.807, 2.05) is 6.07 Å². The molecule has 82 heavy (non-hydrogen) atoms. The standard InChI is InChI=1S/C77H50N4O/c1-3-14-49(15-4-1)51-26-30-53(31-27-51)55-34-38-58(39-35-55)75-78-76(59-40-36-56(37-41-59)54-32-28-52(29-33-54)50-16-5-2-6-17-50)80-77(79-75)62-43-44-68(66(47-62)64-23-13-25-72-74(64)65-22-11-12-24-71(65)82-72)81-69-45-42-57-18-9-10-21-63(57)73(69)67-46-60-19-7-8-20-61(60)48-70(67)81/h1-48,75H,(H,78,79,80). The normalized spacial score (nSPS) is 13.5. The van der Waals surface area contributed by atoms with Crippen LogP contribution in [0.1, 0.15) is 22.9 Å². The first kappa shape index (κ1) is 47.1. The lowest BCUT2D eigenvalue weighted by atomic mass is 9.95. The van der Waals surface area contributed by atoms with E-state index in [-0.39, 0.29) is 0 Å². The summed E-state index contributed by atoms with van der Waals surface area (Å²) in [6.07, 6.45) is -0.439. The van der Waals surface area contributed by atoms with Crippen molar-refractivity contribution in [1.29, 1.82) is 0 Å². The molecule has 1 aliphatic rings. The fourth-order valence-electron chi connectivity index (χ4n) is 12.4. The SMILES string of the molecule is c1ccc(-c2ccc(-c3ccc(C4=NC(c5ccc(-n6c7cc8ccccc8cc7c7c8ccccc8ccc76)c(-c6cccc7oc8ccccc8c67)c5)=NC(c5ccc(-c6ccc(-c7ccccc7)cc6)cc5)N4)cc3)cc2)cc1. The van der Waals surface area contributed by atoms with Gasteiger partial charge in [0.15, 0.2) is 5.84 Å². The molecule has 384 valence electrons. The molecule has 16 rings (SSSR count). The van der Waals surface area contributed by atoms with Crippen LogP contribution >= 0.6 is 0 Å². The highest BCUT2D eigenvalue weighted by atomic mass is 16.3. The van der Waals surface area contributed by atoms with Gasteiger partial charge in [-0.1, -0.05) is 243 Å². The Labute approximate surface area is 474 Å². The van der Waals surface area contributed by atoms with Crippen molar-refractivity contribution in [2.75, 3.05) is 0 Å². The molecule has 1 aliphatic heterocycles. The van der Waals surface area contributed by atoms with Crippen LogP contribution in [-0.2, 0) is 0 Å². The summed E-state index contributed by atoms with van der Waals surface area (Å²) >= 11 is 0. The molecule has 2 aromatic heterocycles. The minimum Gasteiger partial charge on any atom is -0.456 e. The molecule has 0 saturated carbocycles. The van der Waals surface area contributed by atoms with Gasteiger partial charge in [-0.3, -0.25) is 0 Å². The highest BCUT2D eigenvalue weighted by Gasteiger charge is 2.25. The third-order valence-corrected chi connectivity index (χ3v) is 16.5. The minimum atomic E-state index is -0.439. The first-order valence-electron chi connectivity index (χ1n) is 28.0. The van der Waals surface area contributed by atoms with Crippen LogP contribution in [0.2, 0.25) is 0 Å². The van der Waals surface area contributed by atoms with Crippen molar-refractivity contribution >= 4 is 77.0 Å². The van der Waals surface area contributed by atoms with Gasteiger partial charge in [0.1, 0.15) is 23.2 Å². The van der Waals surface area contributed by atoms with Gasteiger partial charge in [-0.05, 0) is 126 Å². The molecule has 1 unspecified atom stereocenters. The Morgan fingerprint density at radius 1 is 0.329 bits per heavy atom. The van der Waals surface area contributed by atoms with Crippen molar-refractivity contribution in [2.45, 2.75) is 6.17 Å². The second-order valence-electron chi connectivity index (χ2n) is 21.3. The summed E-state index contributed by atoms with van der Waals surface area (Å²) in [5.41, 5.74) is 19.3. The van der Waals surface area contributed by atoms with Crippen LogP contribution in [0, 0.1) is 0 Å². The Balaban J connectivity index is 0.864. The first-order chi connectivity index (χ1) is 40.6. The molecule has 0 aliphatic carbocycles. The lowest BCUT2D eigenvalue weighted by Crippen LogP contribution is -2.33. The number of furan rings is 1. The highest BCUT2D eigenvalue weighted by Crippen LogP contribution is 2.44. The van der Waals surface area contributed by atoms with Crippen molar-refractivity contribution in [3.63, 3.8) is 0 Å². The number of aliphatic imine (C=N–C) groups is 2. The Kier molecular flexibility index (Phi) is 11.2. The molecule has 5 heteroatoms. The number of nitrogens with one attached hydrogen (secondary N) is 1. The number of nitrogens with zero attached hydrogens (tertiary/aromatic N) is 3. The summed E-state index contributed by atoms with van der Waals surface area (Å²) in [5, 5.41) is 13.2. The molecule has 15 aromatic rings. The third-order valence-electron chi connectivity index (χ3n) is 16.5. The van der Waals surface area contributed by atoms with E-state index in [1.54, 1.807) is 0 Å². The molecule has 0 bridgehead atoms. The molecular weight excluding hydrogens is 997 g/mol. The average Bonchev–Trinajstić information content (AvgIpc) is 3.72. The van der Waals surface area contributed by atoms with E-state index in [4.69, 9.17) is 14.4 Å². The Morgan fingerprint density at radius 3 is 1.49 bits per heavy atom. The Morgan fingerprint density at radius 2 is 0.841 bits per heavy atom. The Hall–Kier alpha value is -10.9. The smallest absolute Gasteiger partial charge is 0.159 e. The first-order valence-corrected chi connectivity index (χ1v) is 28.0. The van der Waals surface area contributed by atoms with Gasteiger partial charge in [0.05, 0.1) is 16.7 Å². The largest absolute Gasteiger partial charge is 0.456 e. The maximum Gasteiger partial charge on any atom is 0.159 e. The lowest BCUT2D eigenvalue weighted by Gasteiger charge is -2.24. The average molecular weight is 1050 g/mol. The zero-order valence-electron chi connectivity index (χ0n) is 44.5. The number of amidine groups is 2. The van der Waals surface area contributed by atoms with E-state index in [9.17, 15) is 0 Å². The van der Waals surface area contributed by atoms with Gasteiger partial charge in [0.2, 0.25) is 0 Å². The lowest BCUT2D eigenvalue weighted by molar-refractivity contribution is 0.669. The number of aromatic nitrogens is 1. The van der Waals surface area contributed by atoms with E-state index in [1.165, 1.54) is 54.6 Å². The number of fused-ring (bicyclic) bond motifs is 9. The Bertz CT molecular complexity index is 5020. The summed E-state index contributed by atoms with van der Waals surface area (Å²) in [5.74, 6) is 1.38. The van der Waals surface area contributed by atoms with Crippen molar-refractivity contribution in [2.24, 2.45) is 9.98 Å². The van der Waals surface area contributed by atoms with Gasteiger partial charge in [0.25, 0.3) is 0 Å². The summed E-state index contributed by atoms with van der Waals surface area (Å²) < 4.78 is 9.09. The number of benzene rings is 13. The minimum absolute atomic E-state index is 0.439. The van der Waals surface area contributed by atoms with Crippen LogP contribution in [0.25, 0.3) is 127 Å². The third kappa shape index (κ3) is 8.17. The van der Waals surface area contributed by atoms with Gasteiger partial charge in [-0.25, -0.2) is 9.98 Å². The van der Waals surface area contributed by atoms with E-state index in [2.05, 4.69) is 295 Å². The second-order valence-corrected chi connectivity index (χ2v) is 21.3. The summed E-state index contributed by atoms with van der Waals surface area (Å²) in [6.45, 7) is 0. The maximum atomic E-state index is 6.61. The molecule has 0 radical (unpaired) electrons. The van der Waals surface area contributed by atoms with E-state index < -0.39 is 6.17 Å². The fraction of sp³-hybridized carbons (Fsp3) is 0.0130. The molecule has 0 amide bonds. The monoisotopic (exact) mass is 1050 g/mol. The molecule has 0 saturated heterocycles. The van der Waals surface area contributed by atoms with Gasteiger partial charge in [0, 0.05) is 38.2 Å². The van der Waals surface area contributed by atoms with Crippen molar-refractivity contribution in [1.82, 2.24) is 9.88 Å². The molecule has 5 nitrogen and oxygen atoms in total. The van der Waals surface area contributed by atoms with Crippen LogP contribution in [0.15, 0.2) is 306 Å². The molecule has 0 fully saturated rings. The number of para-hydroxylation sites is 1. The van der Waals surface area contributed by atoms with Gasteiger partial charge in [-0.2, -0.15) is 0 Å². The van der Waals surface area contributed by atoms with Crippen LogP contribution in [0.4, 0.5) is 0 Å². The van der Waals surface area contributed by atoms with Gasteiger partial charge >= 0.3 is 0 Å². The zero-order chi connectivity index (χ0) is 54.1. The van der Waals surface area contributed by atoms with Gasteiger partial charge in [-0.15, -0.1) is 0 Å². The molecular formula is C77H50N4O. The zero-order valence-corrected chi connectivity index (χ0v) is 44.5. The topological polar surface area (TPSA) is 54.8 Å². The maximum absolute atomic E-state index is 6.61. The van der Waals surface area contributed by atoms with Gasteiger partial charge < -0.3 is 14.3 Å². The van der Waals surface area contributed by atoms with E-state index in [0.29, 0.717) is 5.84 Å². The molecule has 0 spiro atoms. The molecule has 13 aromatic carbocycles.